The van der Waals surface area contributed by atoms with E-state index in [0.29, 0.717) is 4.91 Å². The monoisotopic (exact) mass is 413 g/mol. The van der Waals surface area contributed by atoms with Gasteiger partial charge in [-0.25, -0.2) is 13.8 Å². The molecule has 0 fully saturated rings. The zero-order valence-electron chi connectivity index (χ0n) is 14.0. The van der Waals surface area contributed by atoms with Gasteiger partial charge in [-0.15, -0.1) is 11.8 Å². The van der Waals surface area contributed by atoms with E-state index in [1.54, 1.807) is 0 Å². The van der Waals surface area contributed by atoms with Gasteiger partial charge in [0.15, 0.2) is 0 Å². The number of carbonyl (C=O) groups is 1. The van der Waals surface area contributed by atoms with Gasteiger partial charge in [-0.05, 0) is 29.8 Å². The van der Waals surface area contributed by atoms with Crippen molar-refractivity contribution < 1.29 is 26.7 Å². The number of nitrogens with two attached hydrogens (primary N) is 1. The van der Waals surface area contributed by atoms with E-state index >= 15 is 0 Å². The number of nitrogens with zero attached hydrogens (tertiary/aromatic N) is 1. The van der Waals surface area contributed by atoms with Crippen LogP contribution in [0.15, 0.2) is 53.3 Å². The second-order valence-corrected chi connectivity index (χ2v) is 6.68. The highest BCUT2D eigenvalue weighted by molar-refractivity contribution is 8.09. The van der Waals surface area contributed by atoms with Crippen LogP contribution in [0.2, 0.25) is 0 Å². The van der Waals surface area contributed by atoms with E-state index in [0.717, 1.165) is 42.1 Å². The normalized spacial score (nSPS) is 14.7. The molecule has 0 saturated heterocycles. The maximum atomic E-state index is 13.7. The lowest BCUT2D eigenvalue weighted by atomic mass is 10.1. The zero-order valence-corrected chi connectivity index (χ0v) is 14.8. The number of nitrogens with one attached hydrogen (secondary N) is 1. The largest absolute Gasteiger partial charge is 0.416 e. The summed E-state index contributed by atoms with van der Waals surface area (Å²) in [5.74, 6) is -3.13. The second kappa shape index (κ2) is 7.63. The molecule has 0 aliphatic carbocycles. The van der Waals surface area contributed by atoms with Gasteiger partial charge < -0.3 is 11.1 Å². The summed E-state index contributed by atoms with van der Waals surface area (Å²) in [5.41, 5.74) is 4.46. The summed E-state index contributed by atoms with van der Waals surface area (Å²) in [6.45, 7) is 0. The Bertz CT molecular complexity index is 981. The molecule has 0 spiro atoms. The standard InChI is InChI=1S/C18H12F5N3OS/c19-11-5-2-6-12(20)14(11)17(27)26-13-8-28-15(16(24)25-13)9-3-1-4-10(7-9)18(21,22)23/h1-7H,8,24H2,(H,25,26,27). The predicted octanol–water partition coefficient (Wildman–Crippen LogP) is 4.14. The molecule has 1 aliphatic rings. The topological polar surface area (TPSA) is 67.5 Å². The molecule has 146 valence electrons. The van der Waals surface area contributed by atoms with Gasteiger partial charge in [-0.1, -0.05) is 18.2 Å². The molecule has 0 atom stereocenters. The molecule has 10 heteroatoms. The highest BCUT2D eigenvalue weighted by Crippen LogP contribution is 2.36. The second-order valence-electron chi connectivity index (χ2n) is 5.69. The number of thioether (sulfide) groups is 1. The lowest BCUT2D eigenvalue weighted by molar-refractivity contribution is -0.137. The number of hydrogen-bond acceptors (Lipinski definition) is 4. The fraction of sp³-hybridized carbons (Fsp3) is 0.111. The minimum absolute atomic E-state index is 0.0332. The Labute approximate surface area is 160 Å². The number of amidine groups is 1. The molecular weight excluding hydrogens is 401 g/mol. The molecule has 3 N–H and O–H groups in total. The van der Waals surface area contributed by atoms with Gasteiger partial charge in [-0.2, -0.15) is 13.2 Å². The van der Waals surface area contributed by atoms with E-state index in [-0.39, 0.29) is 23.0 Å². The quantitative estimate of drug-likeness (QED) is 0.727. The van der Waals surface area contributed by atoms with Gasteiger partial charge in [0.2, 0.25) is 0 Å². The third-order valence-corrected chi connectivity index (χ3v) is 4.89. The number of carbonyl (C=O) groups excluding carboxylic acids is 1. The van der Waals surface area contributed by atoms with Gasteiger partial charge in [0.25, 0.3) is 5.91 Å². The van der Waals surface area contributed by atoms with Gasteiger partial charge >= 0.3 is 6.18 Å². The summed E-state index contributed by atoms with van der Waals surface area (Å²) in [5, 5.41) is 2.27. The van der Waals surface area contributed by atoms with Crippen molar-refractivity contribution in [1.82, 2.24) is 5.32 Å². The van der Waals surface area contributed by atoms with Crippen molar-refractivity contribution >= 4 is 28.4 Å². The Kier molecular flexibility index (Phi) is 5.41. The molecule has 1 aliphatic heterocycles. The third kappa shape index (κ3) is 4.16. The fourth-order valence-electron chi connectivity index (χ4n) is 2.48. The van der Waals surface area contributed by atoms with Crippen LogP contribution in [0, 0.1) is 11.6 Å². The number of aliphatic imine (C=N–C) groups is 1. The van der Waals surface area contributed by atoms with E-state index in [1.165, 1.54) is 12.1 Å². The number of benzene rings is 2. The number of hydrogen-bond donors (Lipinski definition) is 2. The van der Waals surface area contributed by atoms with Crippen molar-refractivity contribution in [1.29, 1.82) is 0 Å². The summed E-state index contributed by atoms with van der Waals surface area (Å²) in [6.07, 6.45) is -4.50. The maximum absolute atomic E-state index is 13.7. The molecule has 0 radical (unpaired) electrons. The lowest BCUT2D eigenvalue weighted by Gasteiger charge is -2.18. The van der Waals surface area contributed by atoms with Crippen LogP contribution >= 0.6 is 11.8 Å². The first-order chi connectivity index (χ1) is 13.2. The first kappa shape index (κ1) is 19.9. The maximum Gasteiger partial charge on any atom is 0.416 e. The Morgan fingerprint density at radius 2 is 1.75 bits per heavy atom. The van der Waals surface area contributed by atoms with Gasteiger partial charge in [0.1, 0.15) is 28.9 Å². The van der Waals surface area contributed by atoms with E-state index in [9.17, 15) is 26.7 Å². The minimum atomic E-state index is -4.50. The van der Waals surface area contributed by atoms with E-state index in [1.807, 2.05) is 0 Å². The van der Waals surface area contributed by atoms with Crippen molar-refractivity contribution in [3.05, 3.63) is 76.6 Å². The lowest BCUT2D eigenvalue weighted by Crippen LogP contribution is -2.35. The molecule has 28 heavy (non-hydrogen) atoms. The number of alkyl halides is 3. The molecule has 4 nitrogen and oxygen atoms in total. The minimum Gasteiger partial charge on any atom is -0.383 e. The van der Waals surface area contributed by atoms with Crippen LogP contribution in [-0.4, -0.2) is 17.5 Å². The van der Waals surface area contributed by atoms with Crippen molar-refractivity contribution in [2.75, 3.05) is 5.75 Å². The Hall–Kier alpha value is -2.88. The van der Waals surface area contributed by atoms with Gasteiger partial charge in [0, 0.05) is 0 Å². The van der Waals surface area contributed by atoms with E-state index in [4.69, 9.17) is 5.73 Å². The summed E-state index contributed by atoms with van der Waals surface area (Å²) in [4.78, 5) is 16.4. The smallest absolute Gasteiger partial charge is 0.383 e. The zero-order chi connectivity index (χ0) is 20.5. The van der Waals surface area contributed by atoms with Crippen molar-refractivity contribution in [3.63, 3.8) is 0 Å². The molecular formula is C18H12F5N3OS. The molecule has 0 bridgehead atoms. The third-order valence-electron chi connectivity index (χ3n) is 3.74. The summed E-state index contributed by atoms with van der Waals surface area (Å²) in [7, 11) is 0. The predicted molar refractivity (Wildman–Crippen MR) is 96.3 cm³/mol. The van der Waals surface area contributed by atoms with Gasteiger partial charge in [-0.3, -0.25) is 4.79 Å². The Morgan fingerprint density at radius 1 is 1.11 bits per heavy atom. The van der Waals surface area contributed by atoms with Crippen molar-refractivity contribution in [2.45, 2.75) is 6.18 Å². The summed E-state index contributed by atoms with van der Waals surface area (Å²) < 4.78 is 66.0. The van der Waals surface area contributed by atoms with Crippen molar-refractivity contribution in [3.8, 4) is 0 Å². The van der Waals surface area contributed by atoms with Crippen LogP contribution in [0.4, 0.5) is 22.0 Å². The van der Waals surface area contributed by atoms with Crippen LogP contribution in [-0.2, 0) is 6.18 Å². The molecule has 1 amide bonds. The van der Waals surface area contributed by atoms with Crippen LogP contribution < -0.4 is 11.1 Å². The van der Waals surface area contributed by atoms with E-state index < -0.39 is 34.8 Å². The first-order valence-corrected chi connectivity index (χ1v) is 8.78. The van der Waals surface area contributed by atoms with Crippen LogP contribution in [0.3, 0.4) is 0 Å². The number of halogens is 5. The molecule has 2 aromatic carbocycles. The van der Waals surface area contributed by atoms with Gasteiger partial charge in [0.05, 0.1) is 16.2 Å². The first-order valence-electron chi connectivity index (χ1n) is 7.80. The molecule has 0 saturated carbocycles. The van der Waals surface area contributed by atoms with Crippen LogP contribution in [0.1, 0.15) is 21.5 Å². The SMILES string of the molecule is NC1=C(c2cccc(C(F)(F)F)c2)SCC(NC(=O)c2c(F)cccc2F)=N1. The highest BCUT2D eigenvalue weighted by atomic mass is 32.2. The number of amides is 1. The average molecular weight is 413 g/mol. The average Bonchev–Trinajstić information content (AvgIpc) is 2.61. The Balaban J connectivity index is 1.85. The number of rotatable bonds is 2. The Morgan fingerprint density at radius 3 is 2.36 bits per heavy atom. The van der Waals surface area contributed by atoms with Crippen LogP contribution in [0.5, 0.6) is 0 Å². The van der Waals surface area contributed by atoms with Crippen molar-refractivity contribution in [2.24, 2.45) is 10.7 Å². The molecule has 0 aromatic heterocycles. The molecule has 2 aromatic rings. The molecule has 3 rings (SSSR count). The highest BCUT2D eigenvalue weighted by Gasteiger charge is 2.31. The summed E-state index contributed by atoms with van der Waals surface area (Å²) in [6, 6.07) is 7.59. The molecule has 1 heterocycles. The fourth-order valence-corrected chi connectivity index (χ4v) is 3.39. The van der Waals surface area contributed by atoms with E-state index in [2.05, 4.69) is 10.3 Å². The summed E-state index contributed by atoms with van der Waals surface area (Å²) >= 11 is 1.05. The molecule has 0 unspecified atom stereocenters. The van der Waals surface area contributed by atoms with Crippen LogP contribution in [0.25, 0.3) is 4.91 Å².